The van der Waals surface area contributed by atoms with Crippen LogP contribution in [0.15, 0.2) is 24.3 Å². The number of carbonyl (C=O) groups is 1. The van der Waals surface area contributed by atoms with E-state index in [0.717, 1.165) is 12.1 Å². The van der Waals surface area contributed by atoms with E-state index in [1.54, 1.807) is 0 Å². The average Bonchev–Trinajstić information content (AvgIpc) is 3.21. The Bertz CT molecular complexity index is 545. The zero-order chi connectivity index (χ0) is 17.1. The molecule has 4 nitrogen and oxygen atoms in total. The van der Waals surface area contributed by atoms with E-state index in [1.807, 2.05) is 32.9 Å². The summed E-state index contributed by atoms with van der Waals surface area (Å²) in [7, 11) is 0. The van der Waals surface area contributed by atoms with Gasteiger partial charge < -0.3 is 15.4 Å². The van der Waals surface area contributed by atoms with Gasteiger partial charge in [-0.05, 0) is 57.1 Å². The van der Waals surface area contributed by atoms with Gasteiger partial charge in [0.15, 0.2) is 0 Å². The van der Waals surface area contributed by atoms with Crippen LogP contribution in [0.25, 0.3) is 0 Å². The molecule has 128 valence electrons. The van der Waals surface area contributed by atoms with Gasteiger partial charge >= 0.3 is 6.09 Å². The fourth-order valence-corrected chi connectivity index (χ4v) is 2.52. The number of ether oxygens (including phenoxy) is 1. The van der Waals surface area contributed by atoms with Crippen molar-refractivity contribution in [2.75, 3.05) is 0 Å². The van der Waals surface area contributed by atoms with Gasteiger partial charge in [0, 0.05) is 19.1 Å². The van der Waals surface area contributed by atoms with Crippen LogP contribution in [0.3, 0.4) is 0 Å². The lowest BCUT2D eigenvalue weighted by molar-refractivity contribution is 0.0523. The van der Waals surface area contributed by atoms with Gasteiger partial charge in [0.1, 0.15) is 5.60 Å². The van der Waals surface area contributed by atoms with Crippen LogP contribution in [0.2, 0.25) is 0 Å². The minimum Gasteiger partial charge on any atom is -0.444 e. The molecule has 1 aromatic rings. The molecule has 1 aliphatic rings. The van der Waals surface area contributed by atoms with Gasteiger partial charge in [0.25, 0.3) is 0 Å². The summed E-state index contributed by atoms with van der Waals surface area (Å²) in [6.45, 7) is 11.5. The number of benzene rings is 1. The summed E-state index contributed by atoms with van der Waals surface area (Å²) in [5.74, 6) is 0. The Morgan fingerprint density at radius 3 is 2.30 bits per heavy atom. The first kappa shape index (κ1) is 17.8. The predicted octanol–water partition coefficient (Wildman–Crippen LogP) is 3.99. The third-order valence-electron chi connectivity index (χ3n) is 4.62. The lowest BCUT2D eigenvalue weighted by Crippen LogP contribution is -2.34. The number of hydrogen-bond donors (Lipinski definition) is 2. The zero-order valence-electron chi connectivity index (χ0n) is 15.0. The minimum absolute atomic E-state index is 0.376. The molecule has 0 spiro atoms. The normalized spacial score (nSPS) is 17.4. The highest BCUT2D eigenvalue weighted by Crippen LogP contribution is 2.47. The van der Waals surface area contributed by atoms with Crippen molar-refractivity contribution in [2.45, 2.75) is 72.2 Å². The van der Waals surface area contributed by atoms with Crippen LogP contribution < -0.4 is 10.6 Å². The second-order valence-corrected chi connectivity index (χ2v) is 7.88. The van der Waals surface area contributed by atoms with Crippen molar-refractivity contribution in [1.82, 2.24) is 10.6 Å². The second kappa shape index (κ2) is 6.91. The fraction of sp³-hybridized carbons (Fsp3) is 0.632. The molecular formula is C19H30N2O2. The summed E-state index contributed by atoms with van der Waals surface area (Å²) in [5.41, 5.74) is 2.34. The van der Waals surface area contributed by atoms with Crippen LogP contribution in [-0.4, -0.2) is 17.7 Å². The van der Waals surface area contributed by atoms with Crippen molar-refractivity contribution in [3.63, 3.8) is 0 Å². The SMILES string of the molecule is CC(NCc1ccccc1CNC(=O)OC(C)(C)C)C1(C)CC1. The molecule has 1 saturated carbocycles. The monoisotopic (exact) mass is 318 g/mol. The number of rotatable bonds is 6. The van der Waals surface area contributed by atoms with E-state index in [0.29, 0.717) is 18.0 Å². The molecule has 0 bridgehead atoms. The molecule has 23 heavy (non-hydrogen) atoms. The molecule has 1 fully saturated rings. The van der Waals surface area contributed by atoms with Gasteiger partial charge in [0.2, 0.25) is 0 Å². The molecule has 0 aliphatic heterocycles. The van der Waals surface area contributed by atoms with Gasteiger partial charge in [-0.2, -0.15) is 0 Å². The lowest BCUT2D eigenvalue weighted by Gasteiger charge is -2.22. The van der Waals surface area contributed by atoms with E-state index in [9.17, 15) is 4.79 Å². The van der Waals surface area contributed by atoms with E-state index in [4.69, 9.17) is 4.74 Å². The van der Waals surface area contributed by atoms with E-state index in [2.05, 4.69) is 36.6 Å². The standard InChI is InChI=1S/C19H30N2O2/c1-14(19(5)10-11-19)20-12-15-8-6-7-9-16(15)13-21-17(22)23-18(2,3)4/h6-9,14,20H,10-13H2,1-5H3,(H,21,22). The van der Waals surface area contributed by atoms with Gasteiger partial charge in [-0.3, -0.25) is 0 Å². The highest BCUT2D eigenvalue weighted by atomic mass is 16.6. The summed E-state index contributed by atoms with van der Waals surface area (Å²) < 4.78 is 5.28. The fourth-order valence-electron chi connectivity index (χ4n) is 2.52. The molecule has 1 unspecified atom stereocenters. The first-order chi connectivity index (χ1) is 10.7. The molecule has 2 rings (SSSR count). The Balaban J connectivity index is 1.88. The van der Waals surface area contributed by atoms with Crippen molar-refractivity contribution < 1.29 is 9.53 Å². The van der Waals surface area contributed by atoms with Gasteiger partial charge in [-0.1, -0.05) is 31.2 Å². The van der Waals surface area contributed by atoms with Crippen LogP contribution in [0.1, 0.15) is 58.6 Å². The summed E-state index contributed by atoms with van der Waals surface area (Å²) >= 11 is 0. The van der Waals surface area contributed by atoms with E-state index in [1.165, 1.54) is 18.4 Å². The summed E-state index contributed by atoms with van der Waals surface area (Å²) in [4.78, 5) is 11.8. The topological polar surface area (TPSA) is 50.4 Å². The van der Waals surface area contributed by atoms with Crippen LogP contribution in [0.4, 0.5) is 4.79 Å². The molecular weight excluding hydrogens is 288 g/mol. The van der Waals surface area contributed by atoms with Crippen molar-refractivity contribution in [3.8, 4) is 0 Å². The summed E-state index contributed by atoms with van der Waals surface area (Å²) in [5, 5.41) is 6.46. The predicted molar refractivity (Wildman–Crippen MR) is 93.2 cm³/mol. The second-order valence-electron chi connectivity index (χ2n) is 7.88. The van der Waals surface area contributed by atoms with Gasteiger partial charge in [-0.15, -0.1) is 0 Å². The molecule has 0 radical (unpaired) electrons. The molecule has 4 heteroatoms. The quantitative estimate of drug-likeness (QED) is 0.834. The van der Waals surface area contributed by atoms with Crippen molar-refractivity contribution in [2.24, 2.45) is 5.41 Å². The molecule has 2 N–H and O–H groups in total. The van der Waals surface area contributed by atoms with Crippen LogP contribution in [0.5, 0.6) is 0 Å². The first-order valence-corrected chi connectivity index (χ1v) is 8.47. The van der Waals surface area contributed by atoms with Gasteiger partial charge in [-0.25, -0.2) is 4.79 Å². The van der Waals surface area contributed by atoms with Crippen LogP contribution in [-0.2, 0) is 17.8 Å². The highest BCUT2D eigenvalue weighted by Gasteiger charge is 2.42. The van der Waals surface area contributed by atoms with Crippen LogP contribution >= 0.6 is 0 Å². The Kier molecular flexibility index (Phi) is 5.35. The van der Waals surface area contributed by atoms with Crippen molar-refractivity contribution in [1.29, 1.82) is 0 Å². The lowest BCUT2D eigenvalue weighted by atomic mass is 10.00. The molecule has 1 atom stereocenters. The highest BCUT2D eigenvalue weighted by molar-refractivity contribution is 5.67. The first-order valence-electron chi connectivity index (χ1n) is 8.47. The van der Waals surface area contributed by atoms with E-state index in [-0.39, 0.29) is 6.09 Å². The average molecular weight is 318 g/mol. The van der Waals surface area contributed by atoms with E-state index < -0.39 is 5.60 Å². The van der Waals surface area contributed by atoms with Crippen LogP contribution in [0, 0.1) is 5.41 Å². The number of nitrogens with one attached hydrogen (secondary N) is 2. The summed E-state index contributed by atoms with van der Waals surface area (Å²) in [6, 6.07) is 8.71. The largest absolute Gasteiger partial charge is 0.444 e. The summed E-state index contributed by atoms with van der Waals surface area (Å²) in [6.07, 6.45) is 2.24. The van der Waals surface area contributed by atoms with Crippen molar-refractivity contribution in [3.05, 3.63) is 35.4 Å². The smallest absolute Gasteiger partial charge is 0.407 e. The molecule has 1 aromatic carbocycles. The number of hydrogen-bond acceptors (Lipinski definition) is 3. The Morgan fingerprint density at radius 1 is 1.22 bits per heavy atom. The van der Waals surface area contributed by atoms with Crippen molar-refractivity contribution >= 4 is 6.09 Å². The number of carbonyl (C=O) groups excluding carboxylic acids is 1. The molecule has 1 amide bonds. The molecule has 1 aliphatic carbocycles. The minimum atomic E-state index is -0.472. The molecule has 0 saturated heterocycles. The Labute approximate surface area is 140 Å². The Morgan fingerprint density at radius 2 is 1.78 bits per heavy atom. The number of amides is 1. The zero-order valence-corrected chi connectivity index (χ0v) is 15.0. The maximum Gasteiger partial charge on any atom is 0.407 e. The van der Waals surface area contributed by atoms with E-state index >= 15 is 0 Å². The Hall–Kier alpha value is -1.55. The third-order valence-corrected chi connectivity index (χ3v) is 4.62. The molecule has 0 aromatic heterocycles. The number of alkyl carbamates (subject to hydrolysis) is 1. The maximum absolute atomic E-state index is 11.8. The molecule has 0 heterocycles. The third kappa shape index (κ3) is 5.54. The van der Waals surface area contributed by atoms with Gasteiger partial charge in [0.05, 0.1) is 0 Å². The maximum atomic E-state index is 11.8.